The summed E-state index contributed by atoms with van der Waals surface area (Å²) in [6.07, 6.45) is 1.61. The molecule has 0 radical (unpaired) electrons. The minimum atomic E-state index is -0.482. The van der Waals surface area contributed by atoms with Crippen LogP contribution in [0.15, 0.2) is 45.0 Å². The molecule has 1 aliphatic rings. The highest BCUT2D eigenvalue weighted by atomic mass is 79.9. The Morgan fingerprint density at radius 1 is 1.38 bits per heavy atom. The number of rotatable bonds is 6. The second-order valence-electron chi connectivity index (χ2n) is 5.77. The van der Waals surface area contributed by atoms with E-state index in [9.17, 15) is 9.59 Å². The number of hydrogen-bond acceptors (Lipinski definition) is 6. The summed E-state index contributed by atoms with van der Waals surface area (Å²) in [6, 6.07) is 7.48. The van der Waals surface area contributed by atoms with Crippen molar-refractivity contribution in [3.05, 3.63) is 51.8 Å². The van der Waals surface area contributed by atoms with Gasteiger partial charge in [0.2, 0.25) is 0 Å². The Morgan fingerprint density at radius 2 is 2.12 bits per heavy atom. The number of hydrogen-bond donors (Lipinski definition) is 2. The van der Waals surface area contributed by atoms with E-state index in [-0.39, 0.29) is 5.78 Å². The van der Waals surface area contributed by atoms with E-state index in [1.54, 1.807) is 19.9 Å². The van der Waals surface area contributed by atoms with Crippen molar-refractivity contribution in [2.24, 2.45) is 5.92 Å². The van der Waals surface area contributed by atoms with Gasteiger partial charge in [-0.25, -0.2) is 5.48 Å². The summed E-state index contributed by atoms with van der Waals surface area (Å²) in [7, 11) is 0. The number of halogens is 1. The third kappa shape index (κ3) is 3.71. The van der Waals surface area contributed by atoms with Crippen molar-refractivity contribution in [2.75, 3.05) is 13.2 Å². The number of benzene rings is 1. The van der Waals surface area contributed by atoms with Gasteiger partial charge in [-0.15, -0.1) is 0 Å². The summed E-state index contributed by atoms with van der Waals surface area (Å²) >= 11 is 3.39. The number of Topliss-reactive ketones (excluding diaryl/α,β-unsaturated/α-hetero) is 1. The summed E-state index contributed by atoms with van der Waals surface area (Å²) in [5, 5.41) is 6.99. The fraction of sp³-hybridized carbons (Fsp3) is 0.278. The quantitative estimate of drug-likeness (QED) is 0.552. The minimum Gasteiger partial charge on any atom is -0.380 e. The molecule has 1 atom stereocenters. The maximum Gasteiger partial charge on any atom is 0.290 e. The van der Waals surface area contributed by atoms with Crippen LogP contribution in [0.2, 0.25) is 0 Å². The Balaban J connectivity index is 1.85. The predicted octanol–water partition coefficient (Wildman–Crippen LogP) is 2.77. The van der Waals surface area contributed by atoms with E-state index in [0.717, 1.165) is 10.0 Å². The van der Waals surface area contributed by atoms with Gasteiger partial charge >= 0.3 is 0 Å². The molecule has 3 rings (SSSR count). The van der Waals surface area contributed by atoms with Crippen molar-refractivity contribution in [1.29, 1.82) is 0 Å². The molecular weight excluding hydrogens is 402 g/mol. The van der Waals surface area contributed by atoms with Crippen LogP contribution in [0.5, 0.6) is 0 Å². The zero-order chi connectivity index (χ0) is 18.7. The maximum absolute atomic E-state index is 13.0. The Morgan fingerprint density at radius 3 is 2.81 bits per heavy atom. The van der Waals surface area contributed by atoms with Crippen LogP contribution in [0.3, 0.4) is 0 Å². The number of aromatic nitrogens is 1. The first-order valence-electron chi connectivity index (χ1n) is 8.15. The maximum atomic E-state index is 13.0. The molecule has 7 nitrogen and oxygen atoms in total. The number of amides is 1. The van der Waals surface area contributed by atoms with Crippen LogP contribution in [-0.4, -0.2) is 30.0 Å². The lowest BCUT2D eigenvalue weighted by atomic mass is 9.94. The van der Waals surface area contributed by atoms with Gasteiger partial charge in [-0.1, -0.05) is 33.2 Å². The lowest BCUT2D eigenvalue weighted by Crippen LogP contribution is -2.30. The summed E-state index contributed by atoms with van der Waals surface area (Å²) in [5.41, 5.74) is 4.34. The van der Waals surface area contributed by atoms with Gasteiger partial charge in [0.05, 0.1) is 23.8 Å². The molecule has 2 N–H and O–H groups in total. The van der Waals surface area contributed by atoms with Crippen LogP contribution in [0.4, 0.5) is 0 Å². The van der Waals surface area contributed by atoms with E-state index >= 15 is 0 Å². The fourth-order valence-corrected chi connectivity index (χ4v) is 2.97. The lowest BCUT2D eigenvalue weighted by molar-refractivity contribution is -0.129. The molecule has 1 aromatic heterocycles. The van der Waals surface area contributed by atoms with Crippen LogP contribution in [0, 0.1) is 12.8 Å². The average Bonchev–Trinajstić information content (AvgIpc) is 3.27. The van der Waals surface area contributed by atoms with E-state index in [4.69, 9.17) is 9.36 Å². The van der Waals surface area contributed by atoms with Crippen LogP contribution in [0.25, 0.3) is 11.3 Å². The van der Waals surface area contributed by atoms with Crippen molar-refractivity contribution >= 4 is 27.6 Å². The molecule has 0 aliphatic carbocycles. The molecule has 1 aliphatic heterocycles. The summed E-state index contributed by atoms with van der Waals surface area (Å²) in [4.78, 5) is 29.8. The van der Waals surface area contributed by atoms with Crippen LogP contribution < -0.4 is 10.8 Å². The standard InChI is InChI=1S/C18H18BrN3O4/c1-3-25-22-18(24)14-8-12(9-20-14)17(23)15-10(2)26-21-16(15)11-4-6-13(19)7-5-11/h4-8,12,20H,3,9H2,1-2H3,(H,22,24). The number of hydroxylamine groups is 1. The van der Waals surface area contributed by atoms with Gasteiger partial charge in [-0.05, 0) is 32.1 Å². The molecule has 0 spiro atoms. The van der Waals surface area contributed by atoms with Crippen LogP contribution in [0.1, 0.15) is 23.0 Å². The van der Waals surface area contributed by atoms with Crippen molar-refractivity contribution in [2.45, 2.75) is 13.8 Å². The molecule has 1 unspecified atom stereocenters. The Bertz CT molecular complexity index is 858. The lowest BCUT2D eigenvalue weighted by Gasteiger charge is -2.07. The molecule has 26 heavy (non-hydrogen) atoms. The fourth-order valence-electron chi connectivity index (χ4n) is 2.71. The first kappa shape index (κ1) is 18.3. The summed E-state index contributed by atoms with van der Waals surface area (Å²) in [5.74, 6) is -0.580. The summed E-state index contributed by atoms with van der Waals surface area (Å²) in [6.45, 7) is 4.16. The second kappa shape index (κ2) is 7.84. The number of nitrogens with one attached hydrogen (secondary N) is 2. The van der Waals surface area contributed by atoms with Gasteiger partial charge < -0.3 is 9.84 Å². The number of nitrogens with zero attached hydrogens (tertiary/aromatic N) is 1. The van der Waals surface area contributed by atoms with Gasteiger partial charge in [-0.3, -0.25) is 14.4 Å². The van der Waals surface area contributed by atoms with Gasteiger partial charge in [0, 0.05) is 16.6 Å². The highest BCUT2D eigenvalue weighted by Gasteiger charge is 2.31. The normalized spacial score (nSPS) is 16.1. The number of aryl methyl sites for hydroxylation is 1. The molecule has 1 amide bonds. The minimum absolute atomic E-state index is 0.145. The number of carbonyl (C=O) groups excluding carboxylic acids is 2. The molecule has 0 saturated carbocycles. The molecule has 136 valence electrons. The van der Waals surface area contributed by atoms with Gasteiger partial charge in [0.1, 0.15) is 11.5 Å². The summed E-state index contributed by atoms with van der Waals surface area (Å²) < 4.78 is 6.20. The third-order valence-corrected chi connectivity index (χ3v) is 4.53. The van der Waals surface area contributed by atoms with Crippen LogP contribution in [-0.2, 0) is 9.63 Å². The molecule has 0 saturated heterocycles. The van der Waals surface area contributed by atoms with E-state index in [0.29, 0.717) is 35.9 Å². The van der Waals surface area contributed by atoms with Gasteiger partial charge in [0.15, 0.2) is 5.78 Å². The van der Waals surface area contributed by atoms with Crippen molar-refractivity contribution in [3.63, 3.8) is 0 Å². The molecular formula is C18H18BrN3O4. The first-order chi connectivity index (χ1) is 12.5. The molecule has 0 bridgehead atoms. The third-order valence-electron chi connectivity index (χ3n) is 4.00. The Hall–Kier alpha value is -2.45. The van der Waals surface area contributed by atoms with Gasteiger partial charge in [-0.2, -0.15) is 0 Å². The van der Waals surface area contributed by atoms with E-state index in [1.807, 2.05) is 24.3 Å². The Kier molecular flexibility index (Phi) is 5.53. The molecule has 1 aromatic carbocycles. The smallest absolute Gasteiger partial charge is 0.290 e. The Labute approximate surface area is 158 Å². The van der Waals surface area contributed by atoms with Crippen molar-refractivity contribution < 1.29 is 18.9 Å². The zero-order valence-corrected chi connectivity index (χ0v) is 15.9. The average molecular weight is 420 g/mol. The molecule has 0 fully saturated rings. The van der Waals surface area contributed by atoms with E-state index in [2.05, 4.69) is 31.9 Å². The van der Waals surface area contributed by atoms with Gasteiger partial charge in [0.25, 0.3) is 5.91 Å². The topological polar surface area (TPSA) is 93.5 Å². The molecule has 8 heteroatoms. The highest BCUT2D eigenvalue weighted by molar-refractivity contribution is 9.10. The molecule has 2 heterocycles. The predicted molar refractivity (Wildman–Crippen MR) is 98.1 cm³/mol. The monoisotopic (exact) mass is 419 g/mol. The van der Waals surface area contributed by atoms with E-state index < -0.39 is 11.8 Å². The van der Waals surface area contributed by atoms with Crippen molar-refractivity contribution in [3.8, 4) is 11.3 Å². The second-order valence-corrected chi connectivity index (χ2v) is 6.68. The first-order valence-corrected chi connectivity index (χ1v) is 8.94. The number of carbonyl (C=O) groups is 2. The van der Waals surface area contributed by atoms with E-state index in [1.165, 1.54) is 0 Å². The number of ketones is 1. The zero-order valence-electron chi connectivity index (χ0n) is 14.3. The van der Waals surface area contributed by atoms with Crippen molar-refractivity contribution in [1.82, 2.24) is 16.0 Å². The van der Waals surface area contributed by atoms with Crippen LogP contribution >= 0.6 is 15.9 Å². The highest BCUT2D eigenvalue weighted by Crippen LogP contribution is 2.29. The molecule has 2 aromatic rings. The SMILES string of the molecule is CCONC(=O)C1=CC(C(=O)c2c(-c3ccc(Br)cc3)noc2C)CN1. The largest absolute Gasteiger partial charge is 0.380 e.